The van der Waals surface area contributed by atoms with Crippen LogP contribution in [-0.2, 0) is 4.79 Å². The number of carbonyl (C=O) groups is 1. The third-order valence-corrected chi connectivity index (χ3v) is 3.58. The number of hydrogen-bond acceptors (Lipinski definition) is 3. The Morgan fingerprint density at radius 3 is 2.93 bits per heavy atom. The molecular formula is C10H10O3S. The van der Waals surface area contributed by atoms with E-state index in [-0.39, 0.29) is 17.8 Å². The molecule has 0 saturated heterocycles. The summed E-state index contributed by atoms with van der Waals surface area (Å²) < 4.78 is 0. The van der Waals surface area contributed by atoms with Gasteiger partial charge in [-0.1, -0.05) is 24.3 Å². The maximum absolute atomic E-state index is 10.7. The van der Waals surface area contributed by atoms with E-state index in [1.54, 1.807) is 12.2 Å². The monoisotopic (exact) mass is 210 g/mol. The first-order valence-corrected chi connectivity index (χ1v) is 5.20. The van der Waals surface area contributed by atoms with Gasteiger partial charge >= 0.3 is 5.97 Å². The maximum Gasteiger partial charge on any atom is 0.335 e. The van der Waals surface area contributed by atoms with E-state index in [0.29, 0.717) is 5.57 Å². The molecule has 1 heterocycles. The Hall–Kier alpha value is -1.00. The number of thioether (sulfide) groups is 1. The van der Waals surface area contributed by atoms with Crippen LogP contribution >= 0.6 is 11.8 Å². The summed E-state index contributed by atoms with van der Waals surface area (Å²) in [4.78, 5) is 11.6. The molecule has 1 aliphatic carbocycles. The molecule has 1 aliphatic heterocycles. The number of aliphatic carboxylic acids is 1. The fraction of sp³-hybridized carbons (Fsp3) is 0.300. The number of carboxylic acids is 1. The van der Waals surface area contributed by atoms with Crippen molar-refractivity contribution in [2.24, 2.45) is 5.92 Å². The highest BCUT2D eigenvalue weighted by molar-refractivity contribution is 8.04. The standard InChI is InChI=1S/C10H10O3S/c11-5-8-3-6-1-2-7(10(12)13)4-9(6)14-8/h1-4,6,9,11H,5H2,(H,12,13). The number of hydrogen-bond donors (Lipinski definition) is 2. The SMILES string of the molecule is O=C(O)C1=CC2SC(CO)=CC2C=C1. The van der Waals surface area contributed by atoms with Crippen LogP contribution in [0.2, 0.25) is 0 Å². The average molecular weight is 210 g/mol. The minimum Gasteiger partial charge on any atom is -0.478 e. The topological polar surface area (TPSA) is 57.5 Å². The molecule has 3 nitrogen and oxygen atoms in total. The van der Waals surface area contributed by atoms with Crippen LogP contribution < -0.4 is 0 Å². The van der Waals surface area contributed by atoms with Crippen LogP contribution in [0.1, 0.15) is 0 Å². The molecule has 0 bridgehead atoms. The highest BCUT2D eigenvalue weighted by atomic mass is 32.2. The van der Waals surface area contributed by atoms with E-state index in [4.69, 9.17) is 10.2 Å². The first-order chi connectivity index (χ1) is 6.70. The van der Waals surface area contributed by atoms with Crippen molar-refractivity contribution in [2.45, 2.75) is 5.25 Å². The first-order valence-electron chi connectivity index (χ1n) is 4.32. The second-order valence-electron chi connectivity index (χ2n) is 3.24. The number of rotatable bonds is 2. The van der Waals surface area contributed by atoms with Crippen molar-refractivity contribution in [3.8, 4) is 0 Å². The predicted octanol–water partition coefficient (Wildman–Crippen LogP) is 1.18. The largest absolute Gasteiger partial charge is 0.478 e. The molecule has 0 spiro atoms. The van der Waals surface area contributed by atoms with Gasteiger partial charge in [-0.3, -0.25) is 0 Å². The Kier molecular flexibility index (Phi) is 2.48. The van der Waals surface area contributed by atoms with Crippen molar-refractivity contribution in [3.63, 3.8) is 0 Å². The Balaban J connectivity index is 2.18. The molecule has 2 unspecified atom stereocenters. The van der Waals surface area contributed by atoms with Crippen LogP contribution in [-0.4, -0.2) is 28.0 Å². The minimum atomic E-state index is -0.891. The first kappa shape index (κ1) is 9.55. The van der Waals surface area contributed by atoms with E-state index in [1.165, 1.54) is 11.8 Å². The van der Waals surface area contributed by atoms with Gasteiger partial charge in [0.15, 0.2) is 0 Å². The molecule has 2 rings (SSSR count). The lowest BCUT2D eigenvalue weighted by atomic mass is 9.96. The molecule has 0 amide bonds. The summed E-state index contributed by atoms with van der Waals surface area (Å²) in [6.07, 6.45) is 7.24. The molecule has 2 N–H and O–H groups in total. The van der Waals surface area contributed by atoms with Gasteiger partial charge in [0, 0.05) is 16.1 Å². The summed E-state index contributed by atoms with van der Waals surface area (Å²) in [6.45, 7) is 0.0434. The fourth-order valence-corrected chi connectivity index (χ4v) is 2.79. The van der Waals surface area contributed by atoms with Crippen molar-refractivity contribution in [3.05, 3.63) is 34.8 Å². The van der Waals surface area contributed by atoms with E-state index in [1.807, 2.05) is 12.2 Å². The van der Waals surface area contributed by atoms with Gasteiger partial charge in [-0.15, -0.1) is 11.8 Å². The highest BCUT2D eigenvalue weighted by Crippen LogP contribution is 2.40. The third-order valence-electron chi connectivity index (χ3n) is 2.29. The maximum atomic E-state index is 10.7. The minimum absolute atomic E-state index is 0.0434. The van der Waals surface area contributed by atoms with Gasteiger partial charge in [0.1, 0.15) is 0 Å². The van der Waals surface area contributed by atoms with Crippen molar-refractivity contribution in [1.82, 2.24) is 0 Å². The van der Waals surface area contributed by atoms with E-state index in [0.717, 1.165) is 4.91 Å². The van der Waals surface area contributed by atoms with Crippen molar-refractivity contribution < 1.29 is 15.0 Å². The lowest BCUT2D eigenvalue weighted by molar-refractivity contribution is -0.132. The molecule has 14 heavy (non-hydrogen) atoms. The Labute approximate surface area is 85.8 Å². The smallest absolute Gasteiger partial charge is 0.335 e. The molecule has 0 aromatic carbocycles. The molecule has 0 aromatic rings. The molecule has 0 fully saturated rings. The van der Waals surface area contributed by atoms with Crippen molar-refractivity contribution in [1.29, 1.82) is 0 Å². The second kappa shape index (κ2) is 3.63. The van der Waals surface area contributed by atoms with Crippen molar-refractivity contribution in [2.75, 3.05) is 6.61 Å². The second-order valence-corrected chi connectivity index (χ2v) is 4.54. The molecule has 2 atom stereocenters. The summed E-state index contributed by atoms with van der Waals surface area (Å²) in [5, 5.41) is 17.9. The van der Waals surface area contributed by atoms with Gasteiger partial charge in [-0.05, 0) is 0 Å². The zero-order chi connectivity index (χ0) is 10.1. The number of aliphatic hydroxyl groups is 1. The van der Waals surface area contributed by atoms with Crippen LogP contribution in [0.5, 0.6) is 0 Å². The van der Waals surface area contributed by atoms with Gasteiger partial charge in [-0.25, -0.2) is 4.79 Å². The molecule has 0 saturated carbocycles. The van der Waals surface area contributed by atoms with Crippen LogP contribution in [0.25, 0.3) is 0 Å². The van der Waals surface area contributed by atoms with Crippen molar-refractivity contribution >= 4 is 17.7 Å². The summed E-state index contributed by atoms with van der Waals surface area (Å²) in [6, 6.07) is 0. The number of aliphatic hydroxyl groups excluding tert-OH is 1. The van der Waals surface area contributed by atoms with E-state index in [2.05, 4.69) is 0 Å². The Morgan fingerprint density at radius 1 is 1.50 bits per heavy atom. The summed E-state index contributed by atoms with van der Waals surface area (Å²) in [5.41, 5.74) is 0.339. The predicted molar refractivity (Wildman–Crippen MR) is 54.9 cm³/mol. The number of carboxylic acid groups (broad SMARTS) is 1. The van der Waals surface area contributed by atoms with Gasteiger partial charge < -0.3 is 10.2 Å². The van der Waals surface area contributed by atoms with E-state index < -0.39 is 5.97 Å². The van der Waals surface area contributed by atoms with Crippen LogP contribution in [0, 0.1) is 5.92 Å². The summed E-state index contributed by atoms with van der Waals surface area (Å²) in [5.74, 6) is -0.650. The van der Waals surface area contributed by atoms with E-state index in [9.17, 15) is 4.79 Å². The molecule has 0 aromatic heterocycles. The zero-order valence-electron chi connectivity index (χ0n) is 7.38. The van der Waals surface area contributed by atoms with Crippen LogP contribution in [0.15, 0.2) is 34.8 Å². The fourth-order valence-electron chi connectivity index (χ4n) is 1.59. The Bertz CT molecular complexity index is 354. The molecule has 0 radical (unpaired) electrons. The third kappa shape index (κ3) is 1.63. The van der Waals surface area contributed by atoms with Crippen LogP contribution in [0.4, 0.5) is 0 Å². The molecule has 74 valence electrons. The molecule has 4 heteroatoms. The summed E-state index contributed by atoms with van der Waals surface area (Å²) >= 11 is 1.54. The quantitative estimate of drug-likeness (QED) is 0.718. The van der Waals surface area contributed by atoms with Crippen LogP contribution in [0.3, 0.4) is 0 Å². The molecular weight excluding hydrogens is 200 g/mol. The Morgan fingerprint density at radius 2 is 2.29 bits per heavy atom. The lowest BCUT2D eigenvalue weighted by Crippen LogP contribution is -2.13. The zero-order valence-corrected chi connectivity index (χ0v) is 8.20. The highest BCUT2D eigenvalue weighted by Gasteiger charge is 2.28. The van der Waals surface area contributed by atoms with Gasteiger partial charge in [-0.2, -0.15) is 0 Å². The average Bonchev–Trinajstić information content (AvgIpc) is 2.58. The van der Waals surface area contributed by atoms with Gasteiger partial charge in [0.05, 0.1) is 12.2 Å². The normalized spacial score (nSPS) is 29.5. The summed E-state index contributed by atoms with van der Waals surface area (Å²) in [7, 11) is 0. The number of fused-ring (bicyclic) bond motifs is 1. The van der Waals surface area contributed by atoms with Gasteiger partial charge in [0.2, 0.25) is 0 Å². The number of allylic oxidation sites excluding steroid dienone is 2. The lowest BCUT2D eigenvalue weighted by Gasteiger charge is -2.15. The van der Waals surface area contributed by atoms with Gasteiger partial charge in [0.25, 0.3) is 0 Å². The van der Waals surface area contributed by atoms with E-state index >= 15 is 0 Å². The molecule has 2 aliphatic rings.